The zero-order valence-electron chi connectivity index (χ0n) is 14.9. The lowest BCUT2D eigenvalue weighted by molar-refractivity contribution is -0.140. The fraction of sp³-hybridized carbons (Fsp3) is 0.200. The number of amides is 1. The average Bonchev–Trinajstić information content (AvgIpc) is 2.85. The summed E-state index contributed by atoms with van der Waals surface area (Å²) in [6.07, 6.45) is 0. The van der Waals surface area contributed by atoms with Crippen molar-refractivity contribution >= 4 is 17.6 Å². The summed E-state index contributed by atoms with van der Waals surface area (Å²) in [6.45, 7) is 1.80. The van der Waals surface area contributed by atoms with Crippen LogP contribution in [0.4, 0.5) is 5.69 Å². The first-order valence-corrected chi connectivity index (χ1v) is 8.49. The molecule has 4 rings (SSSR count). The third kappa shape index (κ3) is 2.08. The smallest absolute Gasteiger partial charge is 0.341 e. The number of nitrogens with two attached hydrogens (primary N) is 1. The third-order valence-corrected chi connectivity index (χ3v) is 4.98. The van der Waals surface area contributed by atoms with E-state index in [1.54, 1.807) is 38.2 Å². The Bertz CT molecular complexity index is 1010. The number of carbonyl (C=O) groups is 2. The molecule has 0 aromatic heterocycles. The highest BCUT2D eigenvalue weighted by molar-refractivity contribution is 6.18. The Morgan fingerprint density at radius 3 is 2.74 bits per heavy atom. The number of carbonyl (C=O) groups excluding carboxylic acids is 2. The fourth-order valence-corrected chi connectivity index (χ4v) is 3.91. The monoisotopic (exact) mass is 366 g/mol. The van der Waals surface area contributed by atoms with Crippen LogP contribution in [0.3, 0.4) is 0 Å². The lowest BCUT2D eigenvalue weighted by atomic mass is 9.68. The van der Waals surface area contributed by atoms with Crippen molar-refractivity contribution in [1.82, 2.24) is 0 Å². The molecular formula is C20H18N2O5. The molecule has 27 heavy (non-hydrogen) atoms. The standard InChI is InChI=1S/C20H18N2O5/c1-3-26-18(24)16-17(21)27-15-10-11(23)8-9-13(15)20(16)12-6-4-5-7-14(12)22(2)19(20)25/h4-10,23H,3,21H2,1-2H3. The molecule has 1 unspecified atom stereocenters. The number of esters is 1. The molecule has 2 aliphatic rings. The third-order valence-electron chi connectivity index (χ3n) is 4.98. The van der Waals surface area contributed by atoms with Gasteiger partial charge in [0.05, 0.1) is 6.61 Å². The fourth-order valence-electron chi connectivity index (χ4n) is 3.91. The predicted octanol–water partition coefficient (Wildman–Crippen LogP) is 1.78. The van der Waals surface area contributed by atoms with Crippen molar-refractivity contribution in [3.63, 3.8) is 0 Å². The number of likely N-dealkylation sites (N-methyl/N-ethyl adjacent to an activating group) is 1. The van der Waals surface area contributed by atoms with Crippen LogP contribution in [0.2, 0.25) is 0 Å². The number of benzene rings is 2. The van der Waals surface area contributed by atoms with Crippen molar-refractivity contribution in [2.75, 3.05) is 18.6 Å². The van der Waals surface area contributed by atoms with Gasteiger partial charge in [-0.2, -0.15) is 0 Å². The van der Waals surface area contributed by atoms with E-state index in [0.717, 1.165) is 0 Å². The summed E-state index contributed by atoms with van der Waals surface area (Å²) in [5, 5.41) is 9.85. The summed E-state index contributed by atoms with van der Waals surface area (Å²) in [7, 11) is 1.64. The van der Waals surface area contributed by atoms with Crippen LogP contribution < -0.4 is 15.4 Å². The molecule has 0 bridgehead atoms. The van der Waals surface area contributed by atoms with Gasteiger partial charge in [0.1, 0.15) is 22.5 Å². The minimum atomic E-state index is -1.50. The van der Waals surface area contributed by atoms with Gasteiger partial charge in [-0.3, -0.25) is 4.79 Å². The zero-order valence-corrected chi connectivity index (χ0v) is 14.9. The normalized spacial score (nSPS) is 20.4. The average molecular weight is 366 g/mol. The van der Waals surface area contributed by atoms with Crippen LogP contribution in [0.5, 0.6) is 11.5 Å². The molecular weight excluding hydrogens is 348 g/mol. The number of aromatic hydroxyl groups is 1. The maximum atomic E-state index is 13.6. The van der Waals surface area contributed by atoms with Crippen molar-refractivity contribution in [2.24, 2.45) is 5.73 Å². The summed E-state index contributed by atoms with van der Waals surface area (Å²) < 4.78 is 10.8. The molecule has 1 spiro atoms. The van der Waals surface area contributed by atoms with E-state index in [1.807, 2.05) is 6.07 Å². The van der Waals surface area contributed by atoms with E-state index in [-0.39, 0.29) is 35.5 Å². The number of nitrogens with zero attached hydrogens (tertiary/aromatic N) is 1. The van der Waals surface area contributed by atoms with Gasteiger partial charge < -0.3 is 25.2 Å². The number of hydrogen-bond donors (Lipinski definition) is 2. The molecule has 7 nitrogen and oxygen atoms in total. The molecule has 2 aromatic carbocycles. The number of phenolic OH excluding ortho intramolecular Hbond substituents is 1. The summed E-state index contributed by atoms with van der Waals surface area (Å²) in [5.41, 5.74) is 6.25. The van der Waals surface area contributed by atoms with Gasteiger partial charge in [0.15, 0.2) is 0 Å². The topological polar surface area (TPSA) is 102 Å². The van der Waals surface area contributed by atoms with Crippen molar-refractivity contribution < 1.29 is 24.2 Å². The van der Waals surface area contributed by atoms with E-state index in [2.05, 4.69) is 0 Å². The van der Waals surface area contributed by atoms with Crippen LogP contribution in [0.15, 0.2) is 53.9 Å². The molecule has 0 saturated carbocycles. The van der Waals surface area contributed by atoms with Gasteiger partial charge in [-0.15, -0.1) is 0 Å². The van der Waals surface area contributed by atoms with E-state index in [4.69, 9.17) is 15.2 Å². The van der Waals surface area contributed by atoms with Gasteiger partial charge in [-0.05, 0) is 25.1 Å². The quantitative estimate of drug-likeness (QED) is 0.786. The number of ether oxygens (including phenoxy) is 2. The van der Waals surface area contributed by atoms with Crippen LogP contribution >= 0.6 is 0 Å². The van der Waals surface area contributed by atoms with E-state index in [9.17, 15) is 14.7 Å². The van der Waals surface area contributed by atoms with E-state index in [1.165, 1.54) is 17.0 Å². The minimum Gasteiger partial charge on any atom is -0.508 e. The van der Waals surface area contributed by atoms with Gasteiger partial charge >= 0.3 is 5.97 Å². The molecule has 0 fully saturated rings. The van der Waals surface area contributed by atoms with Gasteiger partial charge in [-0.25, -0.2) is 4.79 Å². The van der Waals surface area contributed by atoms with Gasteiger partial charge in [0, 0.05) is 29.9 Å². The zero-order chi connectivity index (χ0) is 19.3. The van der Waals surface area contributed by atoms with E-state index >= 15 is 0 Å². The highest BCUT2D eigenvalue weighted by Gasteiger charge is 2.60. The van der Waals surface area contributed by atoms with Gasteiger partial charge in [0.2, 0.25) is 11.8 Å². The molecule has 0 radical (unpaired) electrons. The SMILES string of the molecule is CCOC(=O)C1=C(N)Oc2cc(O)ccc2C12C(=O)N(C)c1ccccc12. The lowest BCUT2D eigenvalue weighted by Crippen LogP contribution is -2.47. The maximum absolute atomic E-state index is 13.6. The second kappa shape index (κ2) is 5.77. The van der Waals surface area contributed by atoms with Crippen molar-refractivity contribution in [3.05, 3.63) is 65.0 Å². The number of phenols is 1. The maximum Gasteiger partial charge on any atom is 0.341 e. The van der Waals surface area contributed by atoms with Crippen molar-refractivity contribution in [3.8, 4) is 11.5 Å². The number of hydrogen-bond acceptors (Lipinski definition) is 6. The predicted molar refractivity (Wildman–Crippen MR) is 97.2 cm³/mol. The summed E-state index contributed by atoms with van der Waals surface area (Å²) >= 11 is 0. The second-order valence-corrected chi connectivity index (χ2v) is 6.37. The highest BCUT2D eigenvalue weighted by Crippen LogP contribution is 2.55. The molecule has 2 heterocycles. The van der Waals surface area contributed by atoms with Crippen molar-refractivity contribution in [1.29, 1.82) is 0 Å². The molecule has 1 atom stereocenters. The van der Waals surface area contributed by atoms with Gasteiger partial charge in [-0.1, -0.05) is 18.2 Å². The largest absolute Gasteiger partial charge is 0.508 e. The van der Waals surface area contributed by atoms with Crippen LogP contribution in [0.25, 0.3) is 0 Å². The first-order valence-electron chi connectivity index (χ1n) is 8.49. The molecule has 3 N–H and O–H groups in total. The highest BCUT2D eigenvalue weighted by atomic mass is 16.5. The molecule has 0 saturated heterocycles. The number of anilines is 1. The Labute approximate surface area is 155 Å². The summed E-state index contributed by atoms with van der Waals surface area (Å²) in [6, 6.07) is 11.6. The minimum absolute atomic E-state index is 0.0385. The number of para-hydroxylation sites is 1. The number of rotatable bonds is 2. The molecule has 7 heteroatoms. The molecule has 1 amide bonds. The van der Waals surface area contributed by atoms with Gasteiger partial charge in [0.25, 0.3) is 0 Å². The Morgan fingerprint density at radius 1 is 1.26 bits per heavy atom. The number of fused-ring (bicyclic) bond motifs is 4. The van der Waals surface area contributed by atoms with Crippen LogP contribution in [0, 0.1) is 0 Å². The van der Waals surface area contributed by atoms with Crippen LogP contribution in [0.1, 0.15) is 18.1 Å². The lowest BCUT2D eigenvalue weighted by Gasteiger charge is -2.35. The summed E-state index contributed by atoms with van der Waals surface area (Å²) in [5.74, 6) is -1.09. The van der Waals surface area contributed by atoms with E-state index in [0.29, 0.717) is 16.8 Å². The first kappa shape index (κ1) is 17.0. The van der Waals surface area contributed by atoms with E-state index < -0.39 is 11.4 Å². The Balaban J connectivity index is 2.12. The molecule has 0 aliphatic carbocycles. The second-order valence-electron chi connectivity index (χ2n) is 6.37. The Hall–Kier alpha value is -3.48. The Kier molecular flexibility index (Phi) is 3.62. The molecule has 138 valence electrons. The Morgan fingerprint density at radius 2 is 2.00 bits per heavy atom. The molecule has 2 aliphatic heterocycles. The molecule has 2 aromatic rings. The van der Waals surface area contributed by atoms with Crippen LogP contribution in [-0.2, 0) is 19.7 Å². The first-order chi connectivity index (χ1) is 12.9. The van der Waals surface area contributed by atoms with Crippen molar-refractivity contribution in [2.45, 2.75) is 12.3 Å². The van der Waals surface area contributed by atoms with Crippen LogP contribution in [-0.4, -0.2) is 30.6 Å². The summed E-state index contributed by atoms with van der Waals surface area (Å²) in [4.78, 5) is 27.9.